The summed E-state index contributed by atoms with van der Waals surface area (Å²) in [6.07, 6.45) is -12.7. The van der Waals surface area contributed by atoms with Gasteiger partial charge >= 0.3 is 11.9 Å². The van der Waals surface area contributed by atoms with Crippen LogP contribution in [0.1, 0.15) is 74.1 Å². The molecule has 3 aliphatic heterocycles. The zero-order valence-corrected chi connectivity index (χ0v) is 32.5. The first-order valence-corrected chi connectivity index (χ1v) is 18.4. The van der Waals surface area contributed by atoms with Crippen LogP contribution < -0.4 is 0 Å². The minimum absolute atomic E-state index is 0.187. The van der Waals surface area contributed by atoms with E-state index in [9.17, 15) is 50.4 Å². The van der Waals surface area contributed by atoms with Crippen LogP contribution in [0.4, 0.5) is 0 Å². The van der Waals surface area contributed by atoms with E-state index in [4.69, 9.17) is 33.2 Å². The molecule has 3 fully saturated rings. The highest BCUT2D eigenvalue weighted by Crippen LogP contribution is 2.32. The SMILES string of the molecule is C=C[C@@](C)(CC/C=C(\C)C(=O)O[C@H]1[C@H](O)[C@@H](O)[C@H](O[C@@](C)(C=C)CC/C=C(\C)C(=O)O[C@H]2[C@H](O)[C@@H](O)[C@H](O)O[C@@H]2C)O[C@@H]1C)O[C@@H]1O[C@H](C)[C@@H](O)[C@H](O)[C@H]1O. The lowest BCUT2D eigenvalue weighted by atomic mass is 9.96. The Labute approximate surface area is 321 Å². The van der Waals surface area contributed by atoms with E-state index in [1.54, 1.807) is 32.9 Å². The van der Waals surface area contributed by atoms with Crippen LogP contribution in [-0.2, 0) is 42.7 Å². The number of aliphatic hydroxyl groups excluding tert-OH is 8. The second kappa shape index (κ2) is 19.7. The summed E-state index contributed by atoms with van der Waals surface area (Å²) in [5.41, 5.74) is -1.80. The number of aliphatic hydroxyl groups is 8. The molecule has 3 saturated heterocycles. The van der Waals surface area contributed by atoms with Crippen molar-refractivity contribution in [2.75, 3.05) is 0 Å². The van der Waals surface area contributed by atoms with Gasteiger partial charge in [0.05, 0.1) is 29.5 Å². The van der Waals surface area contributed by atoms with Gasteiger partial charge in [0.15, 0.2) is 31.1 Å². The predicted octanol–water partition coefficient (Wildman–Crippen LogP) is -0.0614. The molecule has 17 heteroatoms. The topological polar surface area (TPSA) is 261 Å². The van der Waals surface area contributed by atoms with Crippen LogP contribution in [0.15, 0.2) is 48.6 Å². The first-order valence-electron chi connectivity index (χ1n) is 18.4. The predicted molar refractivity (Wildman–Crippen MR) is 192 cm³/mol. The summed E-state index contributed by atoms with van der Waals surface area (Å²) in [6.45, 7) is 18.5. The van der Waals surface area contributed by atoms with Crippen molar-refractivity contribution in [2.24, 2.45) is 0 Å². The van der Waals surface area contributed by atoms with E-state index in [1.165, 1.54) is 39.8 Å². The minimum atomic E-state index is -1.65. The summed E-state index contributed by atoms with van der Waals surface area (Å²) in [5.74, 6) is -1.54. The molecule has 0 aromatic heterocycles. The number of carbonyl (C=O) groups is 2. The van der Waals surface area contributed by atoms with Gasteiger partial charge in [0.2, 0.25) is 0 Å². The molecule has 0 aliphatic carbocycles. The Morgan fingerprint density at radius 3 is 1.40 bits per heavy atom. The summed E-state index contributed by atoms with van der Waals surface area (Å²) in [5, 5.41) is 82.1. The second-order valence-corrected chi connectivity index (χ2v) is 14.9. The van der Waals surface area contributed by atoms with Crippen LogP contribution in [0.3, 0.4) is 0 Å². The molecule has 0 radical (unpaired) electrons. The largest absolute Gasteiger partial charge is 0.453 e. The van der Waals surface area contributed by atoms with Crippen molar-refractivity contribution >= 4 is 11.9 Å². The van der Waals surface area contributed by atoms with Crippen LogP contribution in [0.2, 0.25) is 0 Å². The normalized spacial score (nSPS) is 39.7. The van der Waals surface area contributed by atoms with E-state index < -0.39 is 115 Å². The van der Waals surface area contributed by atoms with Gasteiger partial charge in [-0.05, 0) is 74.1 Å². The lowest BCUT2D eigenvalue weighted by Gasteiger charge is -2.43. The second-order valence-electron chi connectivity index (χ2n) is 14.9. The van der Waals surface area contributed by atoms with Crippen molar-refractivity contribution < 1.29 is 83.6 Å². The van der Waals surface area contributed by atoms with Gasteiger partial charge in [-0.1, -0.05) is 24.3 Å². The zero-order chi connectivity index (χ0) is 41.6. The number of hydrogen-bond donors (Lipinski definition) is 8. The average Bonchev–Trinajstić information content (AvgIpc) is 3.14. The molecule has 17 atom stereocenters. The van der Waals surface area contributed by atoms with Crippen molar-refractivity contribution in [3.05, 3.63) is 48.6 Å². The molecule has 0 spiro atoms. The van der Waals surface area contributed by atoms with Crippen LogP contribution >= 0.6 is 0 Å². The number of hydrogen-bond acceptors (Lipinski definition) is 17. The molecule has 8 N–H and O–H groups in total. The Hall–Kier alpha value is -2.62. The maximum Gasteiger partial charge on any atom is 0.333 e. The fourth-order valence-corrected chi connectivity index (χ4v) is 6.26. The molecule has 17 nitrogen and oxygen atoms in total. The third-order valence-corrected chi connectivity index (χ3v) is 10.3. The summed E-state index contributed by atoms with van der Waals surface area (Å²) < 4.78 is 39.3. The lowest BCUT2D eigenvalue weighted by Crippen LogP contribution is -2.60. The highest BCUT2D eigenvalue weighted by Gasteiger charge is 2.48. The zero-order valence-electron chi connectivity index (χ0n) is 32.5. The molecule has 0 unspecified atom stereocenters. The molecular weight excluding hydrogens is 728 g/mol. The third kappa shape index (κ3) is 11.7. The molecule has 0 amide bonds. The Balaban J connectivity index is 1.53. The highest BCUT2D eigenvalue weighted by atomic mass is 16.7. The Morgan fingerprint density at radius 1 is 0.582 bits per heavy atom. The fraction of sp³-hybridized carbons (Fsp3) is 0.737. The Bertz CT molecular complexity index is 1390. The van der Waals surface area contributed by atoms with E-state index in [1.807, 2.05) is 0 Å². The molecular formula is C38H60O17. The van der Waals surface area contributed by atoms with Crippen molar-refractivity contribution in [1.29, 1.82) is 0 Å². The maximum atomic E-state index is 13.0. The molecule has 55 heavy (non-hydrogen) atoms. The van der Waals surface area contributed by atoms with Crippen LogP contribution in [-0.4, -0.2) is 156 Å². The highest BCUT2D eigenvalue weighted by molar-refractivity contribution is 5.88. The van der Waals surface area contributed by atoms with Gasteiger partial charge in [-0.2, -0.15) is 0 Å². The summed E-state index contributed by atoms with van der Waals surface area (Å²) in [6, 6.07) is 0. The van der Waals surface area contributed by atoms with E-state index >= 15 is 0 Å². The Kier molecular flexibility index (Phi) is 16.7. The standard InChI is InChI=1S/C38H60O17/c1-10-37(8,54-35-28(44)24(40)23(39)20(5)50-35)16-12-15-19(4)33(47)53-31-22(7)51-36(29(45)26(31)42)55-38(9,11-2)17-13-14-18(3)32(46)52-30-21(6)49-34(48)27(43)25(30)41/h10-11,14-15,20-31,34-36,39-45,48H,1-2,12-13,16-17H2,3-9H3/b18-14+,19-15+/t20-,21-,22-,23-,24+,25-,26-,27-,28-,29-,30-,31-,34-,35+,36+,37+,38+/m1/s1. The van der Waals surface area contributed by atoms with E-state index in [2.05, 4.69) is 13.2 Å². The smallest absolute Gasteiger partial charge is 0.333 e. The molecule has 0 aromatic carbocycles. The molecule has 0 bridgehead atoms. The number of ether oxygens (including phenoxy) is 7. The molecule has 0 aromatic rings. The van der Waals surface area contributed by atoms with Gasteiger partial charge in [0, 0.05) is 11.1 Å². The van der Waals surface area contributed by atoms with Crippen molar-refractivity contribution in [3.63, 3.8) is 0 Å². The van der Waals surface area contributed by atoms with Crippen LogP contribution in [0.5, 0.6) is 0 Å². The van der Waals surface area contributed by atoms with E-state index in [-0.39, 0.29) is 36.8 Å². The monoisotopic (exact) mass is 788 g/mol. The number of allylic oxidation sites excluding steroid dienone is 2. The molecule has 3 heterocycles. The fourth-order valence-electron chi connectivity index (χ4n) is 6.26. The average molecular weight is 789 g/mol. The van der Waals surface area contributed by atoms with Gasteiger partial charge in [-0.15, -0.1) is 13.2 Å². The summed E-state index contributed by atoms with van der Waals surface area (Å²) in [7, 11) is 0. The lowest BCUT2D eigenvalue weighted by molar-refractivity contribution is -0.314. The maximum absolute atomic E-state index is 13.0. The summed E-state index contributed by atoms with van der Waals surface area (Å²) in [4.78, 5) is 25.7. The van der Waals surface area contributed by atoms with E-state index in [0.717, 1.165) is 0 Å². The van der Waals surface area contributed by atoms with Crippen LogP contribution in [0, 0.1) is 0 Å². The number of esters is 2. The molecule has 3 aliphatic rings. The molecule has 0 saturated carbocycles. The number of carbonyl (C=O) groups excluding carboxylic acids is 2. The molecule has 3 rings (SSSR count). The minimum Gasteiger partial charge on any atom is -0.453 e. The van der Waals surface area contributed by atoms with Gasteiger partial charge in [0.25, 0.3) is 0 Å². The molecule has 314 valence electrons. The van der Waals surface area contributed by atoms with Gasteiger partial charge < -0.3 is 74.0 Å². The van der Waals surface area contributed by atoms with Gasteiger partial charge in [-0.3, -0.25) is 0 Å². The third-order valence-electron chi connectivity index (χ3n) is 10.3. The van der Waals surface area contributed by atoms with Crippen molar-refractivity contribution in [1.82, 2.24) is 0 Å². The van der Waals surface area contributed by atoms with Crippen molar-refractivity contribution in [3.8, 4) is 0 Å². The quantitative estimate of drug-likeness (QED) is 0.0579. The Morgan fingerprint density at radius 2 is 0.964 bits per heavy atom. The van der Waals surface area contributed by atoms with Gasteiger partial charge in [-0.25, -0.2) is 9.59 Å². The number of rotatable bonds is 16. The first kappa shape index (κ1) is 46.8. The summed E-state index contributed by atoms with van der Waals surface area (Å²) >= 11 is 0. The van der Waals surface area contributed by atoms with E-state index in [0.29, 0.717) is 0 Å². The van der Waals surface area contributed by atoms with Gasteiger partial charge in [0.1, 0.15) is 42.7 Å². The van der Waals surface area contributed by atoms with Crippen LogP contribution in [0.25, 0.3) is 0 Å². The van der Waals surface area contributed by atoms with Crippen molar-refractivity contribution in [2.45, 2.75) is 177 Å². The first-order chi connectivity index (χ1) is 25.6.